The molecule has 0 unspecified atom stereocenters. The van der Waals surface area contributed by atoms with E-state index in [2.05, 4.69) is 59.6 Å². The van der Waals surface area contributed by atoms with Gasteiger partial charge in [-0.3, -0.25) is 0 Å². The molecular formula is C24H26N2O2. The van der Waals surface area contributed by atoms with Crippen LogP contribution in [0.3, 0.4) is 0 Å². The van der Waals surface area contributed by atoms with Gasteiger partial charge < -0.3 is 15.3 Å². The number of carboxylic acid groups (broad SMARTS) is 1. The lowest BCUT2D eigenvalue weighted by atomic mass is 9.97. The van der Waals surface area contributed by atoms with Gasteiger partial charge in [0, 0.05) is 30.9 Å². The van der Waals surface area contributed by atoms with Crippen LogP contribution >= 0.6 is 0 Å². The summed E-state index contributed by atoms with van der Waals surface area (Å²) < 4.78 is 0. The van der Waals surface area contributed by atoms with E-state index in [9.17, 15) is 4.79 Å². The van der Waals surface area contributed by atoms with Gasteiger partial charge in [-0.15, -0.1) is 0 Å². The number of fused-ring (bicyclic) bond motifs is 1. The third kappa shape index (κ3) is 3.87. The zero-order chi connectivity index (χ0) is 19.5. The fourth-order valence-electron chi connectivity index (χ4n) is 4.23. The summed E-state index contributed by atoms with van der Waals surface area (Å²) >= 11 is 0. The Morgan fingerprint density at radius 2 is 1.82 bits per heavy atom. The number of nitrogens with one attached hydrogen (secondary N) is 1. The second-order valence-corrected chi connectivity index (χ2v) is 7.59. The van der Waals surface area contributed by atoms with Crippen LogP contribution < -0.4 is 10.2 Å². The van der Waals surface area contributed by atoms with E-state index in [4.69, 9.17) is 5.11 Å². The van der Waals surface area contributed by atoms with Crippen molar-refractivity contribution >= 4 is 22.4 Å². The summed E-state index contributed by atoms with van der Waals surface area (Å²) in [6, 6.07) is 22.9. The first-order valence-corrected chi connectivity index (χ1v) is 9.94. The highest BCUT2D eigenvalue weighted by Crippen LogP contribution is 2.26. The molecule has 0 spiro atoms. The van der Waals surface area contributed by atoms with E-state index in [-0.39, 0.29) is 6.04 Å². The Morgan fingerprint density at radius 3 is 2.61 bits per heavy atom. The van der Waals surface area contributed by atoms with Gasteiger partial charge in [-0.25, -0.2) is 4.79 Å². The molecule has 4 heteroatoms. The minimum atomic E-state index is -0.881. The molecule has 28 heavy (non-hydrogen) atoms. The van der Waals surface area contributed by atoms with E-state index in [1.807, 2.05) is 12.1 Å². The quantitative estimate of drug-likeness (QED) is 0.670. The summed E-state index contributed by atoms with van der Waals surface area (Å²) in [6.45, 7) is 4.18. The Bertz CT molecular complexity index is 963. The first-order valence-electron chi connectivity index (χ1n) is 9.94. The molecule has 4 rings (SSSR count). The molecule has 4 nitrogen and oxygen atoms in total. The normalized spacial score (nSPS) is 18.2. The maximum Gasteiger partial charge on any atom is 0.335 e. The van der Waals surface area contributed by atoms with Crippen LogP contribution in [0.5, 0.6) is 0 Å². The molecule has 2 N–H and O–H groups in total. The van der Waals surface area contributed by atoms with Crippen LogP contribution in [-0.4, -0.2) is 30.2 Å². The third-order valence-electron chi connectivity index (χ3n) is 5.68. The van der Waals surface area contributed by atoms with Gasteiger partial charge in [0.05, 0.1) is 5.56 Å². The lowest BCUT2D eigenvalue weighted by Crippen LogP contribution is -2.46. The van der Waals surface area contributed by atoms with Gasteiger partial charge in [-0.1, -0.05) is 42.5 Å². The minimum absolute atomic E-state index is 0.269. The molecule has 0 amide bonds. The first-order chi connectivity index (χ1) is 13.6. The summed E-state index contributed by atoms with van der Waals surface area (Å²) in [7, 11) is 0. The Morgan fingerprint density at radius 1 is 1.07 bits per heavy atom. The maximum absolute atomic E-state index is 11.1. The molecule has 3 aromatic rings. The molecule has 0 aliphatic carbocycles. The van der Waals surface area contributed by atoms with Crippen molar-refractivity contribution in [1.29, 1.82) is 0 Å². The lowest BCUT2D eigenvalue weighted by Gasteiger charge is -2.36. The summed E-state index contributed by atoms with van der Waals surface area (Å²) in [4.78, 5) is 13.4. The van der Waals surface area contributed by atoms with E-state index in [0.717, 1.165) is 31.6 Å². The second-order valence-electron chi connectivity index (χ2n) is 7.59. The van der Waals surface area contributed by atoms with Crippen LogP contribution in [0.15, 0.2) is 66.7 Å². The number of aromatic carboxylic acids is 1. The van der Waals surface area contributed by atoms with E-state index < -0.39 is 5.97 Å². The number of hydrogen-bond acceptors (Lipinski definition) is 3. The average molecular weight is 374 g/mol. The van der Waals surface area contributed by atoms with Crippen molar-refractivity contribution in [3.8, 4) is 0 Å². The average Bonchev–Trinajstić information content (AvgIpc) is 2.73. The summed E-state index contributed by atoms with van der Waals surface area (Å²) in [5.74, 6) is -0.881. The topological polar surface area (TPSA) is 52.6 Å². The highest BCUT2D eigenvalue weighted by molar-refractivity contribution is 5.88. The van der Waals surface area contributed by atoms with Gasteiger partial charge in [0.25, 0.3) is 0 Å². The Labute approximate surface area is 165 Å². The molecule has 1 aliphatic rings. The fraction of sp³-hybridized carbons (Fsp3) is 0.292. The molecule has 1 fully saturated rings. The zero-order valence-electron chi connectivity index (χ0n) is 16.1. The van der Waals surface area contributed by atoms with Gasteiger partial charge in [0.15, 0.2) is 0 Å². The van der Waals surface area contributed by atoms with Crippen LogP contribution in [0.25, 0.3) is 10.8 Å². The molecule has 0 aromatic heterocycles. The summed E-state index contributed by atoms with van der Waals surface area (Å²) in [6.07, 6.45) is 2.28. The van der Waals surface area contributed by atoms with Crippen molar-refractivity contribution in [2.75, 3.05) is 18.0 Å². The summed E-state index contributed by atoms with van der Waals surface area (Å²) in [5.41, 5.74) is 2.76. The van der Waals surface area contributed by atoms with Crippen molar-refractivity contribution in [3.05, 3.63) is 77.9 Å². The van der Waals surface area contributed by atoms with E-state index in [1.54, 1.807) is 12.1 Å². The number of rotatable bonds is 5. The molecule has 144 valence electrons. The number of carboxylic acids is 1. The van der Waals surface area contributed by atoms with Crippen LogP contribution in [0.4, 0.5) is 5.69 Å². The van der Waals surface area contributed by atoms with E-state index >= 15 is 0 Å². The highest BCUT2D eigenvalue weighted by Gasteiger charge is 2.22. The standard InChI is InChI=1S/C24H26N2O2/c1-17(22-10-4-7-18-6-2-3-9-23(18)22)25-20-8-5-15-26(16-20)21-13-11-19(12-14-21)24(27)28/h2-4,6-7,9-14,17,20,25H,5,8,15-16H2,1H3,(H,27,28)/t17-,20+/m1/s1. The van der Waals surface area contributed by atoms with Gasteiger partial charge >= 0.3 is 5.97 Å². The molecule has 1 saturated heterocycles. The smallest absolute Gasteiger partial charge is 0.335 e. The zero-order valence-corrected chi connectivity index (χ0v) is 16.1. The van der Waals surface area contributed by atoms with Crippen molar-refractivity contribution in [2.45, 2.75) is 31.8 Å². The molecule has 3 aromatic carbocycles. The maximum atomic E-state index is 11.1. The minimum Gasteiger partial charge on any atom is -0.478 e. The van der Waals surface area contributed by atoms with Gasteiger partial charge in [-0.2, -0.15) is 0 Å². The van der Waals surface area contributed by atoms with Gasteiger partial charge in [0.1, 0.15) is 0 Å². The van der Waals surface area contributed by atoms with Crippen molar-refractivity contribution in [3.63, 3.8) is 0 Å². The predicted molar refractivity (Wildman–Crippen MR) is 114 cm³/mol. The van der Waals surface area contributed by atoms with Crippen molar-refractivity contribution in [1.82, 2.24) is 5.32 Å². The molecular weight excluding hydrogens is 348 g/mol. The van der Waals surface area contributed by atoms with E-state index in [1.165, 1.54) is 16.3 Å². The molecule has 0 radical (unpaired) electrons. The fourth-order valence-corrected chi connectivity index (χ4v) is 4.23. The molecule has 1 heterocycles. The predicted octanol–water partition coefficient (Wildman–Crippen LogP) is 4.86. The second kappa shape index (κ2) is 8.03. The highest BCUT2D eigenvalue weighted by atomic mass is 16.4. The van der Waals surface area contributed by atoms with Crippen LogP contribution in [0.1, 0.15) is 41.7 Å². The Kier molecular flexibility index (Phi) is 5.31. The van der Waals surface area contributed by atoms with E-state index in [0.29, 0.717) is 11.6 Å². The van der Waals surface area contributed by atoms with Gasteiger partial charge in [-0.05, 0) is 60.4 Å². The van der Waals surface area contributed by atoms with Crippen LogP contribution in [0, 0.1) is 0 Å². The van der Waals surface area contributed by atoms with Crippen LogP contribution in [0.2, 0.25) is 0 Å². The molecule has 0 saturated carbocycles. The number of hydrogen-bond donors (Lipinski definition) is 2. The van der Waals surface area contributed by atoms with Gasteiger partial charge in [0.2, 0.25) is 0 Å². The number of anilines is 1. The number of carbonyl (C=O) groups is 1. The summed E-state index contributed by atoms with van der Waals surface area (Å²) in [5, 5.41) is 15.5. The molecule has 1 aliphatic heterocycles. The first kappa shape index (κ1) is 18.5. The monoisotopic (exact) mass is 374 g/mol. The lowest BCUT2D eigenvalue weighted by molar-refractivity contribution is 0.0697. The Hall–Kier alpha value is -2.85. The van der Waals surface area contributed by atoms with Crippen molar-refractivity contribution in [2.24, 2.45) is 0 Å². The largest absolute Gasteiger partial charge is 0.478 e. The third-order valence-corrected chi connectivity index (χ3v) is 5.68. The number of nitrogens with zero attached hydrogens (tertiary/aromatic N) is 1. The molecule has 0 bridgehead atoms. The number of benzene rings is 3. The Balaban J connectivity index is 1.46. The van der Waals surface area contributed by atoms with Crippen molar-refractivity contribution < 1.29 is 9.90 Å². The number of piperidine rings is 1. The van der Waals surface area contributed by atoms with Crippen LogP contribution in [-0.2, 0) is 0 Å². The SMILES string of the molecule is C[C@@H](N[C@H]1CCCN(c2ccc(C(=O)O)cc2)C1)c1cccc2ccccc12. The molecule has 2 atom stereocenters.